The minimum absolute atomic E-state index is 0. The molecule has 1 amide bonds. The highest BCUT2D eigenvalue weighted by atomic mass is 16.5. The van der Waals surface area contributed by atoms with Gasteiger partial charge in [-0.05, 0) is 6.08 Å². The predicted molar refractivity (Wildman–Crippen MR) is 83.6 cm³/mol. The van der Waals surface area contributed by atoms with Gasteiger partial charge in [-0.3, -0.25) is 4.79 Å². The molecule has 0 saturated carbocycles. The molecular weight excluding hydrogens is 324 g/mol. The van der Waals surface area contributed by atoms with E-state index in [1.54, 1.807) is 0 Å². The second-order valence-electron chi connectivity index (χ2n) is 4.93. The molecule has 0 saturated heterocycles. The highest BCUT2D eigenvalue weighted by molar-refractivity contribution is 5.85. The smallest absolute Gasteiger partial charge is 0.370 e. The first-order valence-corrected chi connectivity index (χ1v) is 6.62. The van der Waals surface area contributed by atoms with E-state index < -0.39 is 54.6 Å². The van der Waals surface area contributed by atoms with Gasteiger partial charge in [0.05, 0.1) is 18.7 Å². The number of carboxylic acid groups (broad SMARTS) is 1. The van der Waals surface area contributed by atoms with Gasteiger partial charge < -0.3 is 41.9 Å². The zero-order chi connectivity index (χ0) is 17.7. The van der Waals surface area contributed by atoms with Crippen LogP contribution in [0.25, 0.3) is 0 Å². The van der Waals surface area contributed by atoms with Gasteiger partial charge in [0.1, 0.15) is 18.3 Å². The van der Waals surface area contributed by atoms with Gasteiger partial charge >= 0.3 is 5.97 Å². The Kier molecular flexibility index (Phi) is 8.16. The number of carbonyl (C=O) groups is 2. The standard InChI is InChI=1S/C12H20N4O7.CH4/c1-4(18)15-8-5(16-12(13)14)2-7(11(21)22)23-10(8)9(20)6(19)3-17;/h2,5-6,8-10,17,19-20H,3H2,1H3,(H,15,18)(H,21,22)(H4,13,14,16);1H4/t5-,6+,8?,9+,10+;/m0./s1. The van der Waals surface area contributed by atoms with Crippen LogP contribution >= 0.6 is 0 Å². The summed E-state index contributed by atoms with van der Waals surface area (Å²) < 4.78 is 5.13. The monoisotopic (exact) mass is 348 g/mol. The van der Waals surface area contributed by atoms with E-state index in [0.717, 1.165) is 6.08 Å². The molecule has 0 bridgehead atoms. The van der Waals surface area contributed by atoms with Crippen LogP contribution in [0, 0.1) is 0 Å². The van der Waals surface area contributed by atoms with Gasteiger partial charge in [0.15, 0.2) is 5.96 Å². The van der Waals surface area contributed by atoms with Gasteiger partial charge in [-0.2, -0.15) is 0 Å². The molecule has 0 aliphatic carbocycles. The summed E-state index contributed by atoms with van der Waals surface area (Å²) in [7, 11) is 0. The number of nitrogens with two attached hydrogens (primary N) is 2. The normalized spacial score (nSPS) is 25.2. The van der Waals surface area contributed by atoms with Crippen LogP contribution < -0.4 is 16.8 Å². The third kappa shape index (κ3) is 5.37. The lowest BCUT2D eigenvalue weighted by molar-refractivity contribution is -0.145. The number of aliphatic hydroxyl groups excluding tert-OH is 3. The van der Waals surface area contributed by atoms with Crippen molar-refractivity contribution in [1.82, 2.24) is 5.32 Å². The summed E-state index contributed by atoms with van der Waals surface area (Å²) in [6.45, 7) is 0.391. The van der Waals surface area contributed by atoms with Crippen LogP contribution in [0.4, 0.5) is 0 Å². The number of rotatable bonds is 6. The number of carbonyl (C=O) groups excluding carboxylic acids is 1. The van der Waals surface area contributed by atoms with E-state index >= 15 is 0 Å². The van der Waals surface area contributed by atoms with Gasteiger partial charge in [0, 0.05) is 6.92 Å². The summed E-state index contributed by atoms with van der Waals surface area (Å²) >= 11 is 0. The molecule has 1 unspecified atom stereocenters. The number of aliphatic carboxylic acids is 1. The van der Waals surface area contributed by atoms with E-state index in [2.05, 4.69) is 10.3 Å². The number of nitrogens with one attached hydrogen (secondary N) is 1. The Labute approximate surface area is 138 Å². The van der Waals surface area contributed by atoms with Crippen LogP contribution in [0.3, 0.4) is 0 Å². The highest BCUT2D eigenvalue weighted by Gasteiger charge is 2.43. The molecule has 5 atom stereocenters. The lowest BCUT2D eigenvalue weighted by Crippen LogP contribution is -2.59. The molecule has 1 heterocycles. The van der Waals surface area contributed by atoms with E-state index in [1.807, 2.05) is 0 Å². The Morgan fingerprint density at radius 3 is 2.42 bits per heavy atom. The van der Waals surface area contributed by atoms with Crippen molar-refractivity contribution in [2.45, 2.75) is 44.7 Å². The van der Waals surface area contributed by atoms with Crippen molar-refractivity contribution in [1.29, 1.82) is 0 Å². The molecule has 138 valence electrons. The molecule has 1 aliphatic rings. The van der Waals surface area contributed by atoms with Gasteiger partial charge in [0.2, 0.25) is 11.7 Å². The number of nitrogens with zero attached hydrogens (tertiary/aromatic N) is 1. The predicted octanol–water partition coefficient (Wildman–Crippen LogP) is -3.15. The molecule has 0 aromatic heterocycles. The number of hydrogen-bond donors (Lipinski definition) is 7. The molecular formula is C13H24N4O7. The third-order valence-electron chi connectivity index (χ3n) is 3.10. The molecule has 1 aliphatic heterocycles. The second-order valence-corrected chi connectivity index (χ2v) is 4.93. The number of hydrogen-bond acceptors (Lipinski definition) is 7. The Balaban J connectivity index is 0.00000529. The first-order chi connectivity index (χ1) is 10.7. The van der Waals surface area contributed by atoms with Crippen molar-refractivity contribution in [3.8, 4) is 0 Å². The van der Waals surface area contributed by atoms with Crippen LogP contribution in [0.5, 0.6) is 0 Å². The fraction of sp³-hybridized carbons (Fsp3) is 0.615. The molecule has 1 rings (SSSR count). The zero-order valence-corrected chi connectivity index (χ0v) is 12.3. The van der Waals surface area contributed by atoms with Crippen LogP contribution in [0.1, 0.15) is 14.4 Å². The topological polar surface area (TPSA) is 201 Å². The average Bonchev–Trinajstić information content (AvgIpc) is 2.45. The number of aliphatic imine (C=N–C) groups is 1. The van der Waals surface area contributed by atoms with E-state index in [4.69, 9.17) is 26.4 Å². The molecule has 9 N–H and O–H groups in total. The maximum absolute atomic E-state index is 11.4. The lowest BCUT2D eigenvalue weighted by Gasteiger charge is -2.38. The lowest BCUT2D eigenvalue weighted by atomic mass is 9.92. The second kappa shape index (κ2) is 9.05. The molecule has 11 heteroatoms. The Bertz CT molecular complexity index is 518. The SMILES string of the molecule is C.CC(=O)NC1[C@@H](N=C(N)N)C=C(C(=O)O)O[C@H]1[C@H](O)[C@H](O)CO. The van der Waals surface area contributed by atoms with E-state index in [0.29, 0.717) is 0 Å². The Hall–Kier alpha value is -2.37. The quantitative estimate of drug-likeness (QED) is 0.191. The van der Waals surface area contributed by atoms with Crippen molar-refractivity contribution < 1.29 is 34.8 Å². The van der Waals surface area contributed by atoms with Gasteiger partial charge in [-0.15, -0.1) is 0 Å². The third-order valence-corrected chi connectivity index (χ3v) is 3.10. The number of aliphatic hydroxyl groups is 3. The highest BCUT2D eigenvalue weighted by Crippen LogP contribution is 2.24. The summed E-state index contributed by atoms with van der Waals surface area (Å²) in [5.41, 5.74) is 10.6. The molecule has 24 heavy (non-hydrogen) atoms. The molecule has 0 fully saturated rings. The Morgan fingerprint density at radius 1 is 1.42 bits per heavy atom. The van der Waals surface area contributed by atoms with Gasteiger partial charge in [-0.25, -0.2) is 9.79 Å². The van der Waals surface area contributed by atoms with Crippen molar-refractivity contribution in [2.24, 2.45) is 16.5 Å². The molecule has 0 aromatic rings. The summed E-state index contributed by atoms with van der Waals surface area (Å²) in [4.78, 5) is 26.3. The van der Waals surface area contributed by atoms with Crippen LogP contribution in [0.15, 0.2) is 16.8 Å². The number of carboxylic acids is 1. The fourth-order valence-electron chi connectivity index (χ4n) is 2.14. The number of amides is 1. The van der Waals surface area contributed by atoms with Gasteiger partial charge in [-0.1, -0.05) is 7.43 Å². The summed E-state index contributed by atoms with van der Waals surface area (Å²) in [6, 6.07) is -2.11. The minimum atomic E-state index is -1.70. The number of guanidine groups is 1. The molecule has 0 aromatic carbocycles. The minimum Gasteiger partial charge on any atom is -0.478 e. The van der Waals surface area contributed by atoms with Crippen LogP contribution in [0.2, 0.25) is 0 Å². The van der Waals surface area contributed by atoms with Crippen molar-refractivity contribution >= 4 is 17.8 Å². The molecule has 11 nitrogen and oxygen atoms in total. The first kappa shape index (κ1) is 21.6. The summed E-state index contributed by atoms with van der Waals surface area (Å²) in [5.74, 6) is -2.89. The van der Waals surface area contributed by atoms with E-state index in [-0.39, 0.29) is 13.4 Å². The Morgan fingerprint density at radius 2 is 2.00 bits per heavy atom. The largest absolute Gasteiger partial charge is 0.478 e. The summed E-state index contributed by atoms with van der Waals surface area (Å²) in [5, 5.41) is 40.1. The summed E-state index contributed by atoms with van der Waals surface area (Å²) in [6.07, 6.45) is -3.65. The maximum atomic E-state index is 11.4. The fourth-order valence-corrected chi connectivity index (χ4v) is 2.14. The van der Waals surface area contributed by atoms with Crippen LogP contribution in [-0.4, -0.2) is 75.3 Å². The number of ether oxygens (including phenoxy) is 1. The van der Waals surface area contributed by atoms with E-state index in [1.165, 1.54) is 6.92 Å². The van der Waals surface area contributed by atoms with Crippen LogP contribution in [-0.2, 0) is 14.3 Å². The van der Waals surface area contributed by atoms with Crippen molar-refractivity contribution in [3.63, 3.8) is 0 Å². The molecule has 0 radical (unpaired) electrons. The van der Waals surface area contributed by atoms with Crippen molar-refractivity contribution in [3.05, 3.63) is 11.8 Å². The first-order valence-electron chi connectivity index (χ1n) is 6.62. The molecule has 0 spiro atoms. The van der Waals surface area contributed by atoms with Gasteiger partial charge in [0.25, 0.3) is 0 Å². The van der Waals surface area contributed by atoms with Crippen molar-refractivity contribution in [2.75, 3.05) is 6.61 Å². The zero-order valence-electron chi connectivity index (χ0n) is 12.3. The maximum Gasteiger partial charge on any atom is 0.370 e. The average molecular weight is 348 g/mol. The van der Waals surface area contributed by atoms with E-state index in [9.17, 15) is 19.8 Å².